The van der Waals surface area contributed by atoms with Crippen molar-refractivity contribution in [2.24, 2.45) is 0 Å². The van der Waals surface area contributed by atoms with Gasteiger partial charge in [-0.2, -0.15) is 0 Å². The molecule has 6 aromatic rings. The van der Waals surface area contributed by atoms with Gasteiger partial charge in [0.2, 0.25) is 5.95 Å². The van der Waals surface area contributed by atoms with E-state index in [9.17, 15) is 0 Å². The van der Waals surface area contributed by atoms with Crippen molar-refractivity contribution in [1.29, 1.82) is 0 Å². The van der Waals surface area contributed by atoms with Crippen molar-refractivity contribution < 1.29 is 0 Å². The number of para-hydroxylation sites is 1. The third-order valence-corrected chi connectivity index (χ3v) is 8.18. The zero-order chi connectivity index (χ0) is 27.4. The lowest BCUT2D eigenvalue weighted by molar-refractivity contribution is 0.658. The number of allylic oxidation sites excluding steroid dienone is 4. The quantitative estimate of drug-likeness (QED) is 0.229. The van der Waals surface area contributed by atoms with Crippen molar-refractivity contribution in [2.45, 2.75) is 19.3 Å². The molecule has 0 amide bonds. The van der Waals surface area contributed by atoms with E-state index < -0.39 is 0 Å². The van der Waals surface area contributed by atoms with Crippen LogP contribution in [0.4, 0.5) is 0 Å². The molecule has 0 N–H and O–H groups in total. The Bertz CT molecular complexity index is 1930. The number of hydrogen-bond donors (Lipinski definition) is 0. The first-order chi connectivity index (χ1) is 19.5. The molecule has 0 atom stereocenters. The van der Waals surface area contributed by atoms with E-state index in [1.54, 1.807) is 0 Å². The van der Waals surface area contributed by atoms with Gasteiger partial charge in [0.25, 0.3) is 0 Å². The van der Waals surface area contributed by atoms with Gasteiger partial charge in [-0.3, -0.25) is 4.57 Å². The molecule has 192 valence electrons. The lowest BCUT2D eigenvalue weighted by atomic mass is 9.80. The van der Waals surface area contributed by atoms with Crippen LogP contribution in [-0.4, -0.2) is 14.5 Å². The average molecular weight is 516 g/mol. The second-order valence-corrected chi connectivity index (χ2v) is 10.8. The van der Waals surface area contributed by atoms with E-state index in [4.69, 9.17) is 9.97 Å². The van der Waals surface area contributed by atoms with Gasteiger partial charge in [-0.05, 0) is 34.4 Å². The number of nitrogens with zero attached hydrogens (tertiary/aromatic N) is 3. The van der Waals surface area contributed by atoms with Gasteiger partial charge >= 0.3 is 0 Å². The average Bonchev–Trinajstić information content (AvgIpc) is 3.45. The number of aromatic nitrogens is 3. The third kappa shape index (κ3) is 3.44. The zero-order valence-electron chi connectivity index (χ0n) is 22.7. The van der Waals surface area contributed by atoms with Crippen molar-refractivity contribution in [3.8, 4) is 28.5 Å². The first-order valence-electron chi connectivity index (χ1n) is 13.6. The van der Waals surface area contributed by atoms with Gasteiger partial charge in [0.05, 0.1) is 22.4 Å². The van der Waals surface area contributed by atoms with Crippen molar-refractivity contribution in [3.63, 3.8) is 0 Å². The van der Waals surface area contributed by atoms with Gasteiger partial charge in [0.1, 0.15) is 0 Å². The molecule has 0 aliphatic heterocycles. The molecule has 7 rings (SSSR count). The molecule has 3 heteroatoms. The Morgan fingerprint density at radius 3 is 1.88 bits per heavy atom. The molecular weight excluding hydrogens is 486 g/mol. The predicted octanol–water partition coefficient (Wildman–Crippen LogP) is 9.32. The van der Waals surface area contributed by atoms with Crippen molar-refractivity contribution in [3.05, 3.63) is 145 Å². The van der Waals surface area contributed by atoms with E-state index in [-0.39, 0.29) is 5.41 Å². The molecule has 2 heterocycles. The molecular formula is C37H29N3. The molecule has 2 aromatic heterocycles. The minimum absolute atomic E-state index is 0.272. The standard InChI is InChI=1S/C37H29N3/c1-5-26-28-21-22-29-27-19-13-14-20-33(27)40(35(29)34(28)37(3,4)30(26)6-2)36-38-31(24-15-9-7-10-16-24)23-32(39-36)25-17-11-8-12-18-25/h5-23H,1-2H2,3-4H3. The van der Waals surface area contributed by atoms with E-state index in [1.807, 2.05) is 24.3 Å². The van der Waals surface area contributed by atoms with Crippen LogP contribution in [0.25, 0.3) is 55.8 Å². The van der Waals surface area contributed by atoms with Gasteiger partial charge in [-0.25, -0.2) is 9.97 Å². The van der Waals surface area contributed by atoms with Gasteiger partial charge < -0.3 is 0 Å². The van der Waals surface area contributed by atoms with Gasteiger partial charge in [0.15, 0.2) is 0 Å². The van der Waals surface area contributed by atoms with Crippen LogP contribution in [0.5, 0.6) is 0 Å². The first kappa shape index (κ1) is 24.1. The van der Waals surface area contributed by atoms with E-state index in [0.29, 0.717) is 5.95 Å². The number of rotatable bonds is 5. The second-order valence-electron chi connectivity index (χ2n) is 10.8. The summed E-state index contributed by atoms with van der Waals surface area (Å²) in [5.74, 6) is 0.655. The Labute approximate surface area is 234 Å². The van der Waals surface area contributed by atoms with Crippen molar-refractivity contribution in [1.82, 2.24) is 14.5 Å². The van der Waals surface area contributed by atoms with Crippen LogP contribution < -0.4 is 0 Å². The highest BCUT2D eigenvalue weighted by atomic mass is 15.2. The van der Waals surface area contributed by atoms with E-state index in [2.05, 4.69) is 123 Å². The normalized spacial score (nSPS) is 14.1. The molecule has 1 aliphatic carbocycles. The highest BCUT2D eigenvalue weighted by Gasteiger charge is 2.38. The van der Waals surface area contributed by atoms with Crippen LogP contribution in [0.3, 0.4) is 0 Å². The molecule has 0 saturated heterocycles. The maximum Gasteiger partial charge on any atom is 0.235 e. The van der Waals surface area contributed by atoms with Crippen LogP contribution in [0.1, 0.15) is 25.0 Å². The fraction of sp³-hybridized carbons (Fsp3) is 0.0811. The van der Waals surface area contributed by atoms with E-state index in [0.717, 1.165) is 39.1 Å². The minimum atomic E-state index is -0.272. The summed E-state index contributed by atoms with van der Waals surface area (Å²) >= 11 is 0. The van der Waals surface area contributed by atoms with Crippen LogP contribution in [0.15, 0.2) is 134 Å². The Balaban J connectivity index is 1.63. The van der Waals surface area contributed by atoms with Crippen LogP contribution >= 0.6 is 0 Å². The zero-order valence-corrected chi connectivity index (χ0v) is 22.7. The molecule has 0 unspecified atom stereocenters. The highest BCUT2D eigenvalue weighted by Crippen LogP contribution is 2.51. The summed E-state index contributed by atoms with van der Waals surface area (Å²) in [7, 11) is 0. The SMILES string of the molecule is C=CC1=C(C=C)C(C)(C)c2c1ccc1c3ccccc3n(-c3nc(-c4ccccc4)cc(-c4ccccc4)n3)c21. The smallest absolute Gasteiger partial charge is 0.235 e. The molecule has 0 saturated carbocycles. The molecule has 0 fully saturated rings. The lowest BCUT2D eigenvalue weighted by Gasteiger charge is -2.24. The van der Waals surface area contributed by atoms with E-state index in [1.165, 1.54) is 27.5 Å². The summed E-state index contributed by atoms with van der Waals surface area (Å²) in [6.07, 6.45) is 3.94. The van der Waals surface area contributed by atoms with Crippen LogP contribution in [0.2, 0.25) is 0 Å². The topological polar surface area (TPSA) is 30.7 Å². The number of hydrogen-bond acceptors (Lipinski definition) is 2. The number of benzene rings is 4. The van der Waals surface area contributed by atoms with Gasteiger partial charge in [0, 0.05) is 27.3 Å². The second kappa shape index (κ2) is 9.03. The Morgan fingerprint density at radius 1 is 0.675 bits per heavy atom. The summed E-state index contributed by atoms with van der Waals surface area (Å²) in [6.45, 7) is 12.9. The summed E-state index contributed by atoms with van der Waals surface area (Å²) in [4.78, 5) is 10.4. The van der Waals surface area contributed by atoms with Crippen molar-refractivity contribution in [2.75, 3.05) is 0 Å². The van der Waals surface area contributed by atoms with E-state index >= 15 is 0 Å². The maximum atomic E-state index is 5.22. The molecule has 4 aromatic carbocycles. The summed E-state index contributed by atoms with van der Waals surface area (Å²) < 4.78 is 2.26. The summed E-state index contributed by atoms with van der Waals surface area (Å²) in [6, 6.07) is 35.8. The number of fused-ring (bicyclic) bond motifs is 5. The van der Waals surface area contributed by atoms with Gasteiger partial charge in [-0.15, -0.1) is 0 Å². The van der Waals surface area contributed by atoms with Crippen LogP contribution in [0, 0.1) is 0 Å². The molecule has 1 aliphatic rings. The molecule has 0 spiro atoms. The molecule has 0 radical (unpaired) electrons. The minimum Gasteiger partial charge on any atom is -0.278 e. The predicted molar refractivity (Wildman–Crippen MR) is 168 cm³/mol. The first-order valence-corrected chi connectivity index (χ1v) is 13.6. The Morgan fingerprint density at radius 2 is 1.27 bits per heavy atom. The van der Waals surface area contributed by atoms with Gasteiger partial charge in [-0.1, -0.05) is 130 Å². The molecule has 3 nitrogen and oxygen atoms in total. The maximum absolute atomic E-state index is 5.22. The fourth-order valence-electron chi connectivity index (χ4n) is 6.37. The summed E-state index contributed by atoms with van der Waals surface area (Å²) in [5, 5.41) is 2.37. The highest BCUT2D eigenvalue weighted by molar-refractivity contribution is 6.12. The Hall–Kier alpha value is -5.02. The monoisotopic (exact) mass is 515 g/mol. The van der Waals surface area contributed by atoms with Crippen LogP contribution in [-0.2, 0) is 5.41 Å². The fourth-order valence-corrected chi connectivity index (χ4v) is 6.37. The Kier molecular flexibility index (Phi) is 5.43. The summed E-state index contributed by atoms with van der Waals surface area (Å²) in [5.41, 5.74) is 10.6. The molecule has 40 heavy (non-hydrogen) atoms. The largest absolute Gasteiger partial charge is 0.278 e. The third-order valence-electron chi connectivity index (χ3n) is 8.18. The molecule has 0 bridgehead atoms. The van der Waals surface area contributed by atoms with Crippen molar-refractivity contribution >= 4 is 27.4 Å². The lowest BCUT2D eigenvalue weighted by Crippen LogP contribution is -2.18.